The van der Waals surface area contributed by atoms with Gasteiger partial charge in [-0.25, -0.2) is 0 Å². The van der Waals surface area contributed by atoms with Crippen LogP contribution in [0.25, 0.3) is 0 Å². The molecule has 0 fully saturated rings. The van der Waals surface area contributed by atoms with Crippen LogP contribution in [0.15, 0.2) is 18.2 Å². The summed E-state index contributed by atoms with van der Waals surface area (Å²) < 4.78 is 11.0. The first-order valence-corrected chi connectivity index (χ1v) is 6.93. The fourth-order valence-corrected chi connectivity index (χ4v) is 1.60. The highest BCUT2D eigenvalue weighted by Gasteiger charge is 2.08. The summed E-state index contributed by atoms with van der Waals surface area (Å²) in [6, 6.07) is 7.35. The highest BCUT2D eigenvalue weighted by atomic mass is 16.5. The van der Waals surface area contributed by atoms with Crippen molar-refractivity contribution in [2.45, 2.75) is 26.3 Å². The molecule has 1 aromatic rings. The molecule has 3 N–H and O–H groups in total. The summed E-state index contributed by atoms with van der Waals surface area (Å²) in [5, 5.41) is 11.0. The van der Waals surface area contributed by atoms with Gasteiger partial charge in [-0.2, -0.15) is 5.26 Å². The van der Waals surface area contributed by atoms with Crippen LogP contribution in [0.4, 0.5) is 0 Å². The number of nitrogens with two attached hydrogens (primary N) is 1. The number of carbonyl (C=O) groups excluding carboxylic acids is 1. The second-order valence-electron chi connectivity index (χ2n) is 4.37. The molecular formula is C15H21N3O3. The second-order valence-corrected chi connectivity index (χ2v) is 4.37. The molecule has 0 aliphatic heterocycles. The van der Waals surface area contributed by atoms with Crippen LogP contribution < -0.4 is 20.5 Å². The fourth-order valence-electron chi connectivity index (χ4n) is 1.60. The molecule has 6 heteroatoms. The van der Waals surface area contributed by atoms with E-state index in [1.54, 1.807) is 6.07 Å². The first kappa shape index (κ1) is 16.8. The van der Waals surface area contributed by atoms with Crippen LogP contribution >= 0.6 is 0 Å². The van der Waals surface area contributed by atoms with E-state index in [1.165, 1.54) is 0 Å². The van der Waals surface area contributed by atoms with Crippen molar-refractivity contribution in [3.8, 4) is 17.6 Å². The van der Waals surface area contributed by atoms with Crippen molar-refractivity contribution < 1.29 is 14.3 Å². The maximum atomic E-state index is 11.5. The molecule has 0 unspecified atom stereocenters. The summed E-state index contributed by atoms with van der Waals surface area (Å²) in [5.41, 5.74) is 6.46. The lowest BCUT2D eigenvalue weighted by Crippen LogP contribution is -2.29. The summed E-state index contributed by atoms with van der Waals surface area (Å²) in [4.78, 5) is 11.5. The van der Waals surface area contributed by atoms with Crippen LogP contribution in [0.5, 0.6) is 11.5 Å². The minimum Gasteiger partial charge on any atom is -0.493 e. The number of carbonyl (C=O) groups is 1. The molecule has 0 saturated carbocycles. The topological polar surface area (TPSA) is 97.4 Å². The van der Waals surface area contributed by atoms with Gasteiger partial charge in [-0.05, 0) is 12.5 Å². The standard InChI is InChI=1S/C15H21N3O3/c1-2-8-20-13-5-4-12(10-17)14(9-13)21-11-15(19)18-7-3-6-16/h4-5,9H,2-3,7-8,10-11,17H2,1H3,(H,18,19). The zero-order valence-electron chi connectivity index (χ0n) is 12.2. The lowest BCUT2D eigenvalue weighted by atomic mass is 10.2. The van der Waals surface area contributed by atoms with E-state index in [9.17, 15) is 4.79 Å². The average molecular weight is 291 g/mol. The van der Waals surface area contributed by atoms with Crippen molar-refractivity contribution in [3.05, 3.63) is 23.8 Å². The molecule has 0 radical (unpaired) electrons. The summed E-state index contributed by atoms with van der Waals surface area (Å²) >= 11 is 0. The zero-order chi connectivity index (χ0) is 15.5. The smallest absolute Gasteiger partial charge is 0.257 e. The molecule has 0 saturated heterocycles. The third kappa shape index (κ3) is 6.15. The number of hydrogen-bond acceptors (Lipinski definition) is 5. The number of nitrogens with zero attached hydrogens (tertiary/aromatic N) is 1. The van der Waals surface area contributed by atoms with Crippen molar-refractivity contribution >= 4 is 5.91 Å². The number of nitrogens with one attached hydrogen (secondary N) is 1. The molecule has 6 nitrogen and oxygen atoms in total. The predicted octanol–water partition coefficient (Wildman–Crippen LogP) is 1.34. The molecule has 1 aromatic carbocycles. The fraction of sp³-hybridized carbons (Fsp3) is 0.467. The third-order valence-electron chi connectivity index (χ3n) is 2.65. The normalized spacial score (nSPS) is 9.76. The van der Waals surface area contributed by atoms with E-state index < -0.39 is 0 Å². The summed E-state index contributed by atoms with van der Waals surface area (Å²) in [6.45, 7) is 3.17. The maximum Gasteiger partial charge on any atom is 0.257 e. The molecule has 21 heavy (non-hydrogen) atoms. The van der Waals surface area contributed by atoms with Crippen LogP contribution in [-0.4, -0.2) is 25.7 Å². The van der Waals surface area contributed by atoms with Crippen LogP contribution in [0.2, 0.25) is 0 Å². The molecule has 0 aliphatic rings. The molecule has 0 spiro atoms. The Balaban J connectivity index is 2.59. The van der Waals surface area contributed by atoms with Gasteiger partial charge in [0.25, 0.3) is 5.91 Å². The Morgan fingerprint density at radius 2 is 2.24 bits per heavy atom. The molecule has 0 aromatic heterocycles. The van der Waals surface area contributed by atoms with Gasteiger partial charge in [-0.3, -0.25) is 4.79 Å². The highest BCUT2D eigenvalue weighted by Crippen LogP contribution is 2.24. The van der Waals surface area contributed by atoms with Crippen molar-refractivity contribution in [1.29, 1.82) is 5.26 Å². The Labute approximate surface area is 124 Å². The van der Waals surface area contributed by atoms with Crippen LogP contribution in [0, 0.1) is 11.3 Å². The molecule has 0 aliphatic carbocycles. The minimum atomic E-state index is -0.270. The van der Waals surface area contributed by atoms with E-state index >= 15 is 0 Å². The van der Waals surface area contributed by atoms with Crippen molar-refractivity contribution in [2.24, 2.45) is 5.73 Å². The third-order valence-corrected chi connectivity index (χ3v) is 2.65. The Bertz CT molecular complexity index is 497. The van der Waals surface area contributed by atoms with Crippen LogP contribution in [0.3, 0.4) is 0 Å². The lowest BCUT2D eigenvalue weighted by Gasteiger charge is -2.12. The Hall–Kier alpha value is -2.26. The van der Waals surface area contributed by atoms with Crippen LogP contribution in [0.1, 0.15) is 25.3 Å². The molecule has 0 heterocycles. The molecule has 114 valence electrons. The van der Waals surface area contributed by atoms with E-state index in [-0.39, 0.29) is 18.9 Å². The molecular weight excluding hydrogens is 270 g/mol. The number of rotatable bonds is 9. The second kappa shape index (κ2) is 9.61. The van der Waals surface area contributed by atoms with Gasteiger partial charge in [0.1, 0.15) is 11.5 Å². The first-order valence-electron chi connectivity index (χ1n) is 6.93. The van der Waals surface area contributed by atoms with Gasteiger partial charge in [0.15, 0.2) is 6.61 Å². The van der Waals surface area contributed by atoms with E-state index in [0.717, 1.165) is 12.0 Å². The zero-order valence-corrected chi connectivity index (χ0v) is 12.2. The average Bonchev–Trinajstić information content (AvgIpc) is 2.51. The molecule has 0 bridgehead atoms. The lowest BCUT2D eigenvalue weighted by molar-refractivity contribution is -0.123. The van der Waals surface area contributed by atoms with Gasteiger partial charge in [-0.1, -0.05) is 13.0 Å². The number of nitriles is 1. The van der Waals surface area contributed by atoms with Gasteiger partial charge >= 0.3 is 0 Å². The van der Waals surface area contributed by atoms with Crippen molar-refractivity contribution in [1.82, 2.24) is 5.32 Å². The Morgan fingerprint density at radius 1 is 1.43 bits per heavy atom. The SMILES string of the molecule is CCCOc1ccc(CN)c(OCC(=O)NCCC#N)c1. The van der Waals surface area contributed by atoms with Crippen LogP contribution in [-0.2, 0) is 11.3 Å². The van der Waals surface area contributed by atoms with Gasteiger partial charge in [0.05, 0.1) is 19.1 Å². The number of hydrogen-bond donors (Lipinski definition) is 2. The predicted molar refractivity (Wildman–Crippen MR) is 78.9 cm³/mol. The Kier molecular flexibility index (Phi) is 7.69. The van der Waals surface area contributed by atoms with Gasteiger partial charge in [0, 0.05) is 24.7 Å². The quantitative estimate of drug-likeness (QED) is 0.669. The largest absolute Gasteiger partial charge is 0.493 e. The molecule has 1 rings (SSSR count). The van der Waals surface area contributed by atoms with E-state index in [0.29, 0.717) is 31.2 Å². The van der Waals surface area contributed by atoms with E-state index in [4.69, 9.17) is 20.5 Å². The van der Waals surface area contributed by atoms with Crippen molar-refractivity contribution in [3.63, 3.8) is 0 Å². The Morgan fingerprint density at radius 3 is 2.90 bits per heavy atom. The number of benzene rings is 1. The summed E-state index contributed by atoms with van der Waals surface area (Å²) in [7, 11) is 0. The summed E-state index contributed by atoms with van der Waals surface area (Å²) in [6.07, 6.45) is 1.19. The monoisotopic (exact) mass is 291 g/mol. The number of ether oxygens (including phenoxy) is 2. The van der Waals surface area contributed by atoms with Gasteiger partial charge in [-0.15, -0.1) is 0 Å². The minimum absolute atomic E-state index is 0.115. The van der Waals surface area contributed by atoms with Crippen molar-refractivity contribution in [2.75, 3.05) is 19.8 Å². The maximum absolute atomic E-state index is 11.5. The van der Waals surface area contributed by atoms with E-state index in [1.807, 2.05) is 25.1 Å². The molecule has 0 atom stereocenters. The van der Waals surface area contributed by atoms with E-state index in [2.05, 4.69) is 5.32 Å². The highest BCUT2D eigenvalue weighted by molar-refractivity contribution is 5.77. The number of amides is 1. The molecule has 1 amide bonds. The van der Waals surface area contributed by atoms with Gasteiger partial charge in [0.2, 0.25) is 0 Å². The summed E-state index contributed by atoms with van der Waals surface area (Å²) in [5.74, 6) is 0.962. The first-order chi connectivity index (χ1) is 10.2. The van der Waals surface area contributed by atoms with Gasteiger partial charge < -0.3 is 20.5 Å².